The standard InChI is InChI=1S/C15H21N3O3/c1-10(11-8-16-9-11)14(19)17-15(2,3)12-4-6-13(7-5-12)18(20)21/h4-7,10-11,16H,8-9H2,1-3H3,(H,17,19). The number of nitro benzene ring substituents is 1. The minimum Gasteiger partial charge on any atom is -0.347 e. The highest BCUT2D eigenvalue weighted by molar-refractivity contribution is 5.79. The molecule has 1 fully saturated rings. The lowest BCUT2D eigenvalue weighted by Gasteiger charge is -2.35. The van der Waals surface area contributed by atoms with E-state index in [9.17, 15) is 14.9 Å². The van der Waals surface area contributed by atoms with E-state index in [2.05, 4.69) is 10.6 Å². The van der Waals surface area contributed by atoms with Gasteiger partial charge in [-0.25, -0.2) is 0 Å². The fourth-order valence-electron chi connectivity index (χ4n) is 2.37. The van der Waals surface area contributed by atoms with Gasteiger partial charge >= 0.3 is 0 Å². The second kappa shape index (κ2) is 5.81. The first-order valence-corrected chi connectivity index (χ1v) is 7.09. The number of carbonyl (C=O) groups excluding carboxylic acids is 1. The predicted molar refractivity (Wildman–Crippen MR) is 79.8 cm³/mol. The maximum Gasteiger partial charge on any atom is 0.269 e. The van der Waals surface area contributed by atoms with Gasteiger partial charge < -0.3 is 10.6 Å². The first-order chi connectivity index (χ1) is 9.81. The van der Waals surface area contributed by atoms with Crippen molar-refractivity contribution < 1.29 is 9.72 Å². The average molecular weight is 291 g/mol. The van der Waals surface area contributed by atoms with Crippen LogP contribution < -0.4 is 10.6 Å². The molecule has 114 valence electrons. The zero-order chi connectivity index (χ0) is 15.6. The Hall–Kier alpha value is -1.95. The molecule has 1 atom stereocenters. The minimum absolute atomic E-state index is 0.0184. The number of nitrogens with one attached hydrogen (secondary N) is 2. The van der Waals surface area contributed by atoms with Gasteiger partial charge in [0.15, 0.2) is 0 Å². The van der Waals surface area contributed by atoms with Crippen LogP contribution in [0, 0.1) is 22.0 Å². The van der Waals surface area contributed by atoms with Gasteiger partial charge in [-0.3, -0.25) is 14.9 Å². The average Bonchev–Trinajstić information content (AvgIpc) is 2.36. The molecule has 0 bridgehead atoms. The van der Waals surface area contributed by atoms with Crippen molar-refractivity contribution in [3.05, 3.63) is 39.9 Å². The number of hydrogen-bond donors (Lipinski definition) is 2. The predicted octanol–water partition coefficient (Wildman–Crippen LogP) is 1.80. The zero-order valence-corrected chi connectivity index (χ0v) is 12.6. The molecule has 1 aromatic carbocycles. The van der Waals surface area contributed by atoms with Crippen LogP contribution in [-0.2, 0) is 10.3 Å². The number of hydrogen-bond acceptors (Lipinski definition) is 4. The van der Waals surface area contributed by atoms with E-state index in [1.165, 1.54) is 12.1 Å². The molecule has 1 saturated heterocycles. The van der Waals surface area contributed by atoms with Crippen molar-refractivity contribution >= 4 is 11.6 Å². The SMILES string of the molecule is CC(C(=O)NC(C)(C)c1ccc([N+](=O)[O-])cc1)C1CNC1. The Kier molecular flexibility index (Phi) is 4.27. The lowest BCUT2D eigenvalue weighted by molar-refractivity contribution is -0.384. The Labute approximate surface area is 124 Å². The number of carbonyl (C=O) groups is 1. The maximum absolute atomic E-state index is 12.3. The van der Waals surface area contributed by atoms with E-state index in [0.717, 1.165) is 18.7 Å². The van der Waals surface area contributed by atoms with Crippen LogP contribution >= 0.6 is 0 Å². The molecule has 21 heavy (non-hydrogen) atoms. The van der Waals surface area contributed by atoms with Gasteiger partial charge in [0.1, 0.15) is 0 Å². The van der Waals surface area contributed by atoms with E-state index in [4.69, 9.17) is 0 Å². The van der Waals surface area contributed by atoms with Crippen molar-refractivity contribution in [1.82, 2.24) is 10.6 Å². The van der Waals surface area contributed by atoms with Crippen molar-refractivity contribution in [2.75, 3.05) is 13.1 Å². The van der Waals surface area contributed by atoms with E-state index in [1.807, 2.05) is 20.8 Å². The molecular formula is C15H21N3O3. The molecule has 0 saturated carbocycles. The molecule has 6 nitrogen and oxygen atoms in total. The molecule has 1 heterocycles. The third-order valence-corrected chi connectivity index (χ3v) is 4.17. The van der Waals surface area contributed by atoms with E-state index >= 15 is 0 Å². The van der Waals surface area contributed by atoms with Crippen LogP contribution in [0.2, 0.25) is 0 Å². The zero-order valence-electron chi connectivity index (χ0n) is 12.6. The molecule has 6 heteroatoms. The highest BCUT2D eigenvalue weighted by Crippen LogP contribution is 2.24. The summed E-state index contributed by atoms with van der Waals surface area (Å²) in [4.78, 5) is 22.5. The van der Waals surface area contributed by atoms with Crippen molar-refractivity contribution in [2.24, 2.45) is 11.8 Å². The molecular weight excluding hydrogens is 270 g/mol. The van der Waals surface area contributed by atoms with Gasteiger partial charge in [0, 0.05) is 18.1 Å². The van der Waals surface area contributed by atoms with Gasteiger partial charge in [0.25, 0.3) is 5.69 Å². The molecule has 1 aliphatic heterocycles. The number of rotatable bonds is 5. The largest absolute Gasteiger partial charge is 0.347 e. The van der Waals surface area contributed by atoms with Crippen molar-refractivity contribution in [1.29, 1.82) is 0 Å². The molecule has 0 spiro atoms. The Balaban J connectivity index is 2.06. The minimum atomic E-state index is -0.558. The highest BCUT2D eigenvalue weighted by atomic mass is 16.6. The lowest BCUT2D eigenvalue weighted by Crippen LogP contribution is -2.52. The molecule has 1 aliphatic rings. The summed E-state index contributed by atoms with van der Waals surface area (Å²) in [7, 11) is 0. The van der Waals surface area contributed by atoms with Gasteiger partial charge in [-0.2, -0.15) is 0 Å². The van der Waals surface area contributed by atoms with Crippen molar-refractivity contribution in [2.45, 2.75) is 26.3 Å². The monoisotopic (exact) mass is 291 g/mol. The van der Waals surface area contributed by atoms with E-state index in [0.29, 0.717) is 5.92 Å². The van der Waals surface area contributed by atoms with Gasteiger partial charge in [0.05, 0.1) is 10.5 Å². The molecule has 2 N–H and O–H groups in total. The van der Waals surface area contributed by atoms with Gasteiger partial charge in [0.2, 0.25) is 5.91 Å². The fraction of sp³-hybridized carbons (Fsp3) is 0.533. The first kappa shape index (κ1) is 15.4. The van der Waals surface area contributed by atoms with Crippen LogP contribution in [0.4, 0.5) is 5.69 Å². The van der Waals surface area contributed by atoms with Crippen LogP contribution in [-0.4, -0.2) is 23.9 Å². The number of amides is 1. The molecule has 1 amide bonds. The Bertz CT molecular complexity index is 536. The third-order valence-electron chi connectivity index (χ3n) is 4.17. The van der Waals surface area contributed by atoms with Crippen molar-refractivity contribution in [3.8, 4) is 0 Å². The van der Waals surface area contributed by atoms with Gasteiger partial charge in [-0.15, -0.1) is 0 Å². The van der Waals surface area contributed by atoms with E-state index in [1.54, 1.807) is 12.1 Å². The smallest absolute Gasteiger partial charge is 0.269 e. The second-order valence-corrected chi connectivity index (χ2v) is 6.13. The van der Waals surface area contributed by atoms with Crippen LogP contribution in [0.25, 0.3) is 0 Å². The summed E-state index contributed by atoms with van der Waals surface area (Å²) < 4.78 is 0. The topological polar surface area (TPSA) is 84.3 Å². The maximum atomic E-state index is 12.3. The highest BCUT2D eigenvalue weighted by Gasteiger charge is 2.32. The number of non-ortho nitro benzene ring substituents is 1. The molecule has 2 rings (SSSR count). The Morgan fingerprint density at radius 2 is 1.95 bits per heavy atom. The molecule has 0 aliphatic carbocycles. The summed E-state index contributed by atoms with van der Waals surface area (Å²) in [5.41, 5.74) is 0.340. The summed E-state index contributed by atoms with van der Waals surface area (Å²) in [5.74, 6) is 0.367. The van der Waals surface area contributed by atoms with Crippen LogP contribution in [0.15, 0.2) is 24.3 Å². The summed E-state index contributed by atoms with van der Waals surface area (Å²) in [6.07, 6.45) is 0. The second-order valence-electron chi connectivity index (χ2n) is 6.13. The van der Waals surface area contributed by atoms with Crippen molar-refractivity contribution in [3.63, 3.8) is 0 Å². The third kappa shape index (κ3) is 3.39. The number of nitrogens with zero attached hydrogens (tertiary/aromatic N) is 1. The van der Waals surface area contributed by atoms with Gasteiger partial charge in [-0.1, -0.05) is 6.92 Å². The number of nitro groups is 1. The molecule has 1 aromatic rings. The van der Waals surface area contributed by atoms with E-state index < -0.39 is 10.5 Å². The number of benzene rings is 1. The molecule has 1 unspecified atom stereocenters. The molecule has 0 radical (unpaired) electrons. The van der Waals surface area contributed by atoms with Gasteiger partial charge in [-0.05, 0) is 50.6 Å². The first-order valence-electron chi connectivity index (χ1n) is 7.09. The van der Waals surface area contributed by atoms with E-state index in [-0.39, 0.29) is 17.5 Å². The summed E-state index contributed by atoms with van der Waals surface area (Å²) in [5, 5.41) is 16.9. The quantitative estimate of drug-likeness (QED) is 0.640. The summed E-state index contributed by atoms with van der Waals surface area (Å²) in [6.45, 7) is 7.50. The Morgan fingerprint density at radius 1 is 1.38 bits per heavy atom. The normalized spacial score (nSPS) is 16.9. The van der Waals surface area contributed by atoms with Crippen LogP contribution in [0.3, 0.4) is 0 Å². The lowest BCUT2D eigenvalue weighted by atomic mass is 9.86. The summed E-state index contributed by atoms with van der Waals surface area (Å²) in [6, 6.07) is 6.30. The van der Waals surface area contributed by atoms with Crippen LogP contribution in [0.5, 0.6) is 0 Å². The summed E-state index contributed by atoms with van der Waals surface area (Å²) >= 11 is 0. The fourth-order valence-corrected chi connectivity index (χ4v) is 2.37. The molecule has 0 aromatic heterocycles. The Morgan fingerprint density at radius 3 is 2.38 bits per heavy atom. The van der Waals surface area contributed by atoms with Crippen LogP contribution in [0.1, 0.15) is 26.3 Å².